The van der Waals surface area contributed by atoms with Crippen LogP contribution in [-0.4, -0.2) is 16.7 Å². The van der Waals surface area contributed by atoms with Gasteiger partial charge in [0.25, 0.3) is 0 Å². The standard InChI is InChI=1S/C19H24N2O/c1-13(20)12-21-9-8-15-10-14-6-7-17(11-18(14)19(15)21)22-16-4-2-3-5-16/h6-9,11,13,16H,2-5,10,12,20H2,1H3. The molecular weight excluding hydrogens is 272 g/mol. The molecule has 0 aliphatic heterocycles. The molecule has 1 heterocycles. The number of aromatic nitrogens is 1. The first-order chi connectivity index (χ1) is 10.7. The van der Waals surface area contributed by atoms with Gasteiger partial charge in [-0.15, -0.1) is 0 Å². The summed E-state index contributed by atoms with van der Waals surface area (Å²) >= 11 is 0. The Morgan fingerprint density at radius 3 is 2.82 bits per heavy atom. The van der Waals surface area contributed by atoms with Crippen molar-refractivity contribution in [2.24, 2.45) is 5.73 Å². The molecule has 1 saturated carbocycles. The van der Waals surface area contributed by atoms with Gasteiger partial charge in [0.1, 0.15) is 5.75 Å². The third-order valence-corrected chi connectivity index (χ3v) is 4.85. The first-order valence-corrected chi connectivity index (χ1v) is 8.44. The molecular formula is C19H24N2O. The average molecular weight is 296 g/mol. The summed E-state index contributed by atoms with van der Waals surface area (Å²) in [7, 11) is 0. The van der Waals surface area contributed by atoms with Gasteiger partial charge in [0.2, 0.25) is 0 Å². The summed E-state index contributed by atoms with van der Waals surface area (Å²) in [5.74, 6) is 1.02. The highest BCUT2D eigenvalue weighted by Gasteiger charge is 2.24. The Hall–Kier alpha value is -1.74. The highest BCUT2D eigenvalue weighted by atomic mass is 16.5. The van der Waals surface area contributed by atoms with Gasteiger partial charge in [-0.3, -0.25) is 0 Å². The monoisotopic (exact) mass is 296 g/mol. The maximum atomic E-state index is 6.18. The van der Waals surface area contributed by atoms with Gasteiger partial charge in [-0.1, -0.05) is 6.07 Å². The molecule has 1 aromatic heterocycles. The fourth-order valence-electron chi connectivity index (χ4n) is 3.86. The fourth-order valence-corrected chi connectivity index (χ4v) is 3.86. The lowest BCUT2D eigenvalue weighted by molar-refractivity contribution is 0.210. The highest BCUT2D eigenvalue weighted by Crippen LogP contribution is 2.40. The van der Waals surface area contributed by atoms with Gasteiger partial charge >= 0.3 is 0 Å². The van der Waals surface area contributed by atoms with Crippen LogP contribution in [0.5, 0.6) is 5.75 Å². The molecule has 116 valence electrons. The van der Waals surface area contributed by atoms with E-state index in [0.717, 1.165) is 18.7 Å². The Morgan fingerprint density at radius 2 is 2.05 bits per heavy atom. The minimum atomic E-state index is 0.165. The van der Waals surface area contributed by atoms with Crippen molar-refractivity contribution in [1.82, 2.24) is 4.57 Å². The quantitative estimate of drug-likeness (QED) is 0.797. The fraction of sp³-hybridized carbons (Fsp3) is 0.474. The average Bonchev–Trinajstić information content (AvgIpc) is 3.16. The number of rotatable bonds is 4. The van der Waals surface area contributed by atoms with E-state index in [4.69, 9.17) is 10.5 Å². The molecule has 4 rings (SSSR count). The molecule has 1 aromatic carbocycles. The second-order valence-electron chi connectivity index (χ2n) is 6.84. The van der Waals surface area contributed by atoms with Crippen LogP contribution in [0.15, 0.2) is 30.5 Å². The van der Waals surface area contributed by atoms with Gasteiger partial charge in [-0.05, 0) is 61.9 Å². The van der Waals surface area contributed by atoms with E-state index in [2.05, 4.69) is 42.0 Å². The molecule has 1 unspecified atom stereocenters. The van der Waals surface area contributed by atoms with Crippen molar-refractivity contribution in [3.63, 3.8) is 0 Å². The van der Waals surface area contributed by atoms with Crippen LogP contribution in [0.4, 0.5) is 0 Å². The van der Waals surface area contributed by atoms with E-state index in [1.165, 1.54) is 48.1 Å². The molecule has 0 radical (unpaired) electrons. The van der Waals surface area contributed by atoms with Gasteiger partial charge in [-0.25, -0.2) is 0 Å². The zero-order valence-corrected chi connectivity index (χ0v) is 13.2. The first kappa shape index (κ1) is 13.9. The van der Waals surface area contributed by atoms with Crippen molar-refractivity contribution < 1.29 is 4.74 Å². The summed E-state index contributed by atoms with van der Waals surface area (Å²) in [6, 6.07) is 9.00. The Bertz CT molecular complexity index is 681. The summed E-state index contributed by atoms with van der Waals surface area (Å²) in [4.78, 5) is 0. The van der Waals surface area contributed by atoms with E-state index < -0.39 is 0 Å². The molecule has 3 heteroatoms. The lowest BCUT2D eigenvalue weighted by Crippen LogP contribution is -2.22. The van der Waals surface area contributed by atoms with Crippen LogP contribution in [0.25, 0.3) is 11.3 Å². The second kappa shape index (κ2) is 5.47. The van der Waals surface area contributed by atoms with E-state index in [9.17, 15) is 0 Å². The van der Waals surface area contributed by atoms with Crippen molar-refractivity contribution in [2.45, 2.75) is 57.7 Å². The number of nitrogens with zero attached hydrogens (tertiary/aromatic N) is 1. The molecule has 2 N–H and O–H groups in total. The summed E-state index contributed by atoms with van der Waals surface area (Å²) < 4.78 is 8.48. The normalized spacial score (nSPS) is 18.3. The Balaban J connectivity index is 1.65. The molecule has 22 heavy (non-hydrogen) atoms. The third kappa shape index (κ3) is 2.44. The minimum Gasteiger partial charge on any atom is -0.490 e. The van der Waals surface area contributed by atoms with Crippen molar-refractivity contribution in [3.05, 3.63) is 41.6 Å². The number of nitrogens with two attached hydrogens (primary N) is 1. The van der Waals surface area contributed by atoms with E-state index in [1.807, 2.05) is 0 Å². The summed E-state index contributed by atoms with van der Waals surface area (Å²) in [6.07, 6.45) is 8.61. The van der Waals surface area contributed by atoms with E-state index in [-0.39, 0.29) is 6.04 Å². The highest BCUT2D eigenvalue weighted by molar-refractivity contribution is 5.75. The molecule has 0 spiro atoms. The number of ether oxygens (including phenoxy) is 1. The molecule has 2 aliphatic rings. The maximum absolute atomic E-state index is 6.18. The second-order valence-corrected chi connectivity index (χ2v) is 6.84. The number of fused-ring (bicyclic) bond motifs is 3. The van der Waals surface area contributed by atoms with Gasteiger partial charge in [0.15, 0.2) is 0 Å². The Morgan fingerprint density at radius 1 is 1.23 bits per heavy atom. The zero-order chi connectivity index (χ0) is 15.1. The van der Waals surface area contributed by atoms with E-state index >= 15 is 0 Å². The van der Waals surface area contributed by atoms with Gasteiger partial charge in [0.05, 0.1) is 11.8 Å². The first-order valence-electron chi connectivity index (χ1n) is 8.44. The third-order valence-electron chi connectivity index (χ3n) is 4.85. The van der Waals surface area contributed by atoms with Crippen molar-refractivity contribution in [1.29, 1.82) is 0 Å². The van der Waals surface area contributed by atoms with E-state index in [0.29, 0.717) is 6.10 Å². The number of hydrogen-bond acceptors (Lipinski definition) is 2. The molecule has 3 nitrogen and oxygen atoms in total. The molecule has 1 atom stereocenters. The minimum absolute atomic E-state index is 0.165. The lowest BCUT2D eigenvalue weighted by Gasteiger charge is -2.15. The van der Waals surface area contributed by atoms with Gasteiger partial charge < -0.3 is 15.0 Å². The van der Waals surface area contributed by atoms with Crippen LogP contribution in [0.3, 0.4) is 0 Å². The van der Waals surface area contributed by atoms with Crippen LogP contribution in [0.1, 0.15) is 43.7 Å². The Labute approximate surface area is 132 Å². The molecule has 0 saturated heterocycles. The largest absolute Gasteiger partial charge is 0.490 e. The predicted molar refractivity (Wildman–Crippen MR) is 89.2 cm³/mol. The van der Waals surface area contributed by atoms with Crippen LogP contribution in [-0.2, 0) is 13.0 Å². The topological polar surface area (TPSA) is 40.2 Å². The SMILES string of the molecule is CC(N)Cn1ccc2c1-c1cc(OC3CCCC3)ccc1C2. The van der Waals surface area contributed by atoms with Gasteiger partial charge in [0, 0.05) is 30.8 Å². The van der Waals surface area contributed by atoms with Gasteiger partial charge in [-0.2, -0.15) is 0 Å². The smallest absolute Gasteiger partial charge is 0.120 e. The number of hydrogen-bond donors (Lipinski definition) is 1. The van der Waals surface area contributed by atoms with Crippen molar-refractivity contribution in [3.8, 4) is 17.0 Å². The van der Waals surface area contributed by atoms with Crippen molar-refractivity contribution in [2.75, 3.05) is 0 Å². The molecule has 2 aromatic rings. The van der Waals surface area contributed by atoms with Crippen LogP contribution in [0, 0.1) is 0 Å². The van der Waals surface area contributed by atoms with E-state index in [1.54, 1.807) is 0 Å². The summed E-state index contributed by atoms with van der Waals surface area (Å²) in [5, 5.41) is 0. The van der Waals surface area contributed by atoms with Crippen LogP contribution >= 0.6 is 0 Å². The lowest BCUT2D eigenvalue weighted by atomic mass is 10.1. The summed E-state index contributed by atoms with van der Waals surface area (Å²) in [6.45, 7) is 2.92. The number of benzene rings is 1. The molecule has 0 amide bonds. The molecule has 1 fully saturated rings. The Kier molecular flexibility index (Phi) is 3.45. The molecule has 2 aliphatic carbocycles. The maximum Gasteiger partial charge on any atom is 0.120 e. The van der Waals surface area contributed by atoms with Crippen LogP contribution < -0.4 is 10.5 Å². The zero-order valence-electron chi connectivity index (χ0n) is 13.2. The van der Waals surface area contributed by atoms with Crippen LogP contribution in [0.2, 0.25) is 0 Å². The predicted octanol–water partition coefficient (Wildman–Crippen LogP) is 3.73. The van der Waals surface area contributed by atoms with Crippen molar-refractivity contribution >= 4 is 0 Å². The molecule has 0 bridgehead atoms. The summed E-state index contributed by atoms with van der Waals surface area (Å²) in [5.41, 5.74) is 11.5.